The summed E-state index contributed by atoms with van der Waals surface area (Å²) in [7, 11) is 0. The third-order valence-electron chi connectivity index (χ3n) is 16.1. The molecule has 0 amide bonds. The molecule has 2 atom stereocenters. The molecule has 3 nitrogen and oxygen atoms in total. The van der Waals surface area contributed by atoms with Crippen LogP contribution in [0.2, 0.25) is 0 Å². The Labute approximate surface area is 369 Å². The van der Waals surface area contributed by atoms with Gasteiger partial charge in [0.15, 0.2) is 0 Å². The van der Waals surface area contributed by atoms with E-state index in [4.69, 9.17) is 0 Å². The van der Waals surface area contributed by atoms with Crippen molar-refractivity contribution in [1.29, 1.82) is 0 Å². The molecular formula is C55H52BN3S2. The molecule has 14 rings (SSSR count). The molecule has 61 heavy (non-hydrogen) atoms. The molecule has 0 bridgehead atoms. The highest BCUT2D eigenvalue weighted by Crippen LogP contribution is 2.52. The maximum atomic E-state index is 2.80. The second-order valence-electron chi connectivity index (χ2n) is 19.3. The van der Waals surface area contributed by atoms with E-state index in [1.165, 1.54) is 178 Å². The van der Waals surface area contributed by atoms with E-state index in [0.29, 0.717) is 12.0 Å². The molecular weight excluding hydrogens is 778 g/mol. The summed E-state index contributed by atoms with van der Waals surface area (Å²) < 4.78 is 5.39. The van der Waals surface area contributed by atoms with E-state index in [1.54, 1.807) is 33.6 Å². The van der Waals surface area contributed by atoms with E-state index in [1.807, 2.05) is 11.8 Å². The van der Waals surface area contributed by atoms with Gasteiger partial charge in [-0.05, 0) is 166 Å². The normalized spacial score (nSPS) is 20.8. The smallest absolute Gasteiger partial charge is 0.247 e. The van der Waals surface area contributed by atoms with Crippen molar-refractivity contribution in [2.24, 2.45) is 0 Å². The van der Waals surface area contributed by atoms with Crippen LogP contribution in [0.4, 0.5) is 11.4 Å². The summed E-state index contributed by atoms with van der Waals surface area (Å²) in [6.45, 7) is 0.217. The van der Waals surface area contributed by atoms with Crippen LogP contribution in [0.15, 0.2) is 117 Å². The van der Waals surface area contributed by atoms with Crippen LogP contribution in [-0.2, 0) is 38.5 Å². The molecule has 1 saturated carbocycles. The molecule has 3 aliphatic heterocycles. The lowest BCUT2D eigenvalue weighted by molar-refractivity contribution is 0.529. The first-order valence-corrected chi connectivity index (χ1v) is 25.5. The average molecular weight is 830 g/mol. The molecule has 4 aliphatic carbocycles. The van der Waals surface area contributed by atoms with E-state index < -0.39 is 0 Å². The van der Waals surface area contributed by atoms with Crippen LogP contribution >= 0.6 is 23.5 Å². The van der Waals surface area contributed by atoms with E-state index in [2.05, 4.69) is 123 Å². The predicted molar refractivity (Wildman–Crippen MR) is 257 cm³/mol. The van der Waals surface area contributed by atoms with Crippen molar-refractivity contribution >= 4 is 68.9 Å². The summed E-state index contributed by atoms with van der Waals surface area (Å²) >= 11 is 4.10. The highest BCUT2D eigenvalue weighted by Gasteiger charge is 2.43. The molecule has 1 fully saturated rings. The Morgan fingerprint density at radius 2 is 1.05 bits per heavy atom. The number of benzene rings is 5. The summed E-state index contributed by atoms with van der Waals surface area (Å²) in [4.78, 5) is 8.58. The molecule has 7 aromatic rings. The standard InChI is InChI=1S/C55H52BN3S2/c1-2-14-37-42-19-8-13-25-50(42)59(49(37)20-3-1)36-32-53-55-54(33-36)61-52-31-35(58-47-23-11-6-17-40(47)41-18-7-12-24-48(41)58)27-29-44(52)56(55)43-28-26-34(30-51(43)60-53)57-45-21-9-4-15-38(45)39-16-5-10-22-46(39)57/h4,8-9,13,15,19,21,25-33,37,49H,1-3,5-7,10-12,14,16-18,20,22-24H2. The van der Waals surface area contributed by atoms with Gasteiger partial charge in [0.1, 0.15) is 0 Å². The Morgan fingerprint density at radius 3 is 1.77 bits per heavy atom. The lowest BCUT2D eigenvalue weighted by Crippen LogP contribution is -2.58. The minimum atomic E-state index is 0.217. The molecule has 2 aromatic heterocycles. The summed E-state index contributed by atoms with van der Waals surface area (Å²) in [6.07, 6.45) is 21.8. The van der Waals surface area contributed by atoms with Crippen LogP contribution < -0.4 is 21.3 Å². The van der Waals surface area contributed by atoms with E-state index in [0.717, 1.165) is 6.42 Å². The SMILES string of the molecule is c1ccc2c(c1)C1CCCCCC1N2c1cc2c3c(c1)Sc1cc(-n4c5c(c6ccccc64)CCCC5)ccc1B3c1ccc(-n3c4c(c5c3CCCC5)CCCC4)cc1S2. The number of hydrogen-bond acceptors (Lipinski definition) is 3. The fraction of sp³-hybridized carbons (Fsp3) is 0.345. The Bertz CT molecular complexity index is 2940. The van der Waals surface area contributed by atoms with Crippen molar-refractivity contribution in [3.63, 3.8) is 0 Å². The summed E-state index contributed by atoms with van der Waals surface area (Å²) in [6, 6.07) is 39.6. The van der Waals surface area contributed by atoms with Gasteiger partial charge < -0.3 is 14.0 Å². The maximum Gasteiger partial charge on any atom is 0.247 e. The first-order chi connectivity index (χ1) is 30.3. The number of fused-ring (bicyclic) bond motifs is 13. The fourth-order valence-corrected chi connectivity index (χ4v) is 16.1. The number of rotatable bonds is 3. The van der Waals surface area contributed by atoms with Crippen molar-refractivity contribution < 1.29 is 0 Å². The first-order valence-electron chi connectivity index (χ1n) is 23.8. The predicted octanol–water partition coefficient (Wildman–Crippen LogP) is 12.1. The van der Waals surface area contributed by atoms with Gasteiger partial charge in [-0.25, -0.2) is 0 Å². The molecule has 0 radical (unpaired) electrons. The molecule has 302 valence electrons. The zero-order chi connectivity index (χ0) is 39.8. The van der Waals surface area contributed by atoms with Crippen LogP contribution in [0.5, 0.6) is 0 Å². The van der Waals surface area contributed by atoms with E-state index in [9.17, 15) is 0 Å². The molecule has 6 heteroatoms. The number of nitrogens with zero attached hydrogens (tertiary/aromatic N) is 3. The number of anilines is 2. The van der Waals surface area contributed by atoms with Crippen molar-refractivity contribution in [1.82, 2.24) is 9.13 Å². The quantitative estimate of drug-likeness (QED) is 0.165. The molecule has 5 aromatic carbocycles. The van der Waals surface area contributed by atoms with Gasteiger partial charge in [0, 0.05) is 76.8 Å². The number of aromatic nitrogens is 2. The van der Waals surface area contributed by atoms with Crippen LogP contribution in [0.3, 0.4) is 0 Å². The summed E-state index contributed by atoms with van der Waals surface area (Å²) in [5.41, 5.74) is 22.8. The highest BCUT2D eigenvalue weighted by atomic mass is 32.2. The van der Waals surface area contributed by atoms with Crippen molar-refractivity contribution in [3.05, 3.63) is 136 Å². The van der Waals surface area contributed by atoms with Gasteiger partial charge in [-0.3, -0.25) is 0 Å². The molecule has 0 saturated heterocycles. The third kappa shape index (κ3) is 5.34. The van der Waals surface area contributed by atoms with E-state index >= 15 is 0 Å². The molecule has 0 spiro atoms. The summed E-state index contributed by atoms with van der Waals surface area (Å²) in [5.74, 6) is 0.617. The topological polar surface area (TPSA) is 13.1 Å². The number of aryl methyl sites for hydroxylation is 1. The minimum Gasteiger partial charge on any atom is -0.337 e. The highest BCUT2D eigenvalue weighted by molar-refractivity contribution is 8.01. The first kappa shape index (κ1) is 36.0. The lowest BCUT2D eigenvalue weighted by atomic mass is 9.36. The Hall–Kier alpha value is -4.52. The molecule has 0 N–H and O–H groups in total. The maximum absolute atomic E-state index is 2.80. The second kappa shape index (κ2) is 14.0. The van der Waals surface area contributed by atoms with Gasteiger partial charge in [0.05, 0.1) is 5.52 Å². The zero-order valence-corrected chi connectivity index (χ0v) is 36.8. The number of para-hydroxylation sites is 2. The minimum absolute atomic E-state index is 0.217. The van der Waals surface area contributed by atoms with Crippen LogP contribution in [-0.4, -0.2) is 21.9 Å². The Kier molecular flexibility index (Phi) is 8.26. The fourth-order valence-electron chi connectivity index (χ4n) is 13.6. The summed E-state index contributed by atoms with van der Waals surface area (Å²) in [5, 5.41) is 1.45. The van der Waals surface area contributed by atoms with Crippen LogP contribution in [0.25, 0.3) is 22.3 Å². The molecule has 7 aliphatic rings. The van der Waals surface area contributed by atoms with Crippen molar-refractivity contribution in [2.75, 3.05) is 4.90 Å². The largest absolute Gasteiger partial charge is 0.337 e. The Balaban J connectivity index is 0.960. The van der Waals surface area contributed by atoms with Gasteiger partial charge >= 0.3 is 0 Å². The van der Waals surface area contributed by atoms with Gasteiger partial charge in [-0.15, -0.1) is 0 Å². The van der Waals surface area contributed by atoms with Gasteiger partial charge in [-0.2, -0.15) is 0 Å². The van der Waals surface area contributed by atoms with Crippen molar-refractivity contribution in [2.45, 2.75) is 141 Å². The third-order valence-corrected chi connectivity index (χ3v) is 18.4. The van der Waals surface area contributed by atoms with E-state index in [-0.39, 0.29) is 6.71 Å². The zero-order valence-electron chi connectivity index (χ0n) is 35.1. The van der Waals surface area contributed by atoms with Gasteiger partial charge in [0.25, 0.3) is 0 Å². The van der Waals surface area contributed by atoms with Crippen molar-refractivity contribution in [3.8, 4) is 11.4 Å². The second-order valence-corrected chi connectivity index (χ2v) is 21.4. The average Bonchev–Trinajstić information content (AvgIpc) is 3.86. The Morgan fingerprint density at radius 1 is 0.475 bits per heavy atom. The molecule has 2 unspecified atom stereocenters. The monoisotopic (exact) mass is 829 g/mol. The van der Waals surface area contributed by atoms with Crippen LogP contribution in [0, 0.1) is 0 Å². The van der Waals surface area contributed by atoms with Crippen LogP contribution in [0.1, 0.15) is 116 Å². The lowest BCUT2D eigenvalue weighted by Gasteiger charge is -2.36. The molecule has 5 heterocycles. The number of hydrogen-bond donors (Lipinski definition) is 0. The van der Waals surface area contributed by atoms with Gasteiger partial charge in [0.2, 0.25) is 6.71 Å². The van der Waals surface area contributed by atoms with Gasteiger partial charge in [-0.1, -0.05) is 102 Å².